The van der Waals surface area contributed by atoms with E-state index in [4.69, 9.17) is 4.52 Å². The molecule has 1 amide bonds. The first kappa shape index (κ1) is 15.5. The van der Waals surface area contributed by atoms with Gasteiger partial charge in [-0.25, -0.2) is 4.98 Å². The molecule has 7 nitrogen and oxygen atoms in total. The molecule has 0 aliphatic carbocycles. The zero-order valence-corrected chi connectivity index (χ0v) is 13.7. The first-order valence-electron chi connectivity index (χ1n) is 7.77. The van der Waals surface area contributed by atoms with Crippen molar-refractivity contribution < 1.29 is 9.32 Å². The van der Waals surface area contributed by atoms with Gasteiger partial charge in [-0.1, -0.05) is 5.16 Å². The lowest BCUT2D eigenvalue weighted by Gasteiger charge is -2.30. The standard InChI is InChI=1S/C16H21N5O2/c1-11-18-15(23-19-11)12-6-8-21(9-7-12)16(22)13-4-5-14(17-10-13)20(2)3/h4-5,10,12H,6-9H2,1-3H3. The zero-order chi connectivity index (χ0) is 16.4. The Morgan fingerprint density at radius 1 is 1.30 bits per heavy atom. The Labute approximate surface area is 135 Å². The minimum atomic E-state index is 0.0305. The van der Waals surface area contributed by atoms with Crippen LogP contribution in [0.1, 0.15) is 40.8 Å². The molecule has 0 aromatic carbocycles. The molecule has 2 aromatic heterocycles. The number of rotatable bonds is 3. The van der Waals surface area contributed by atoms with Crippen molar-refractivity contribution in [2.24, 2.45) is 0 Å². The number of likely N-dealkylation sites (tertiary alicyclic amines) is 1. The second kappa shape index (κ2) is 6.36. The molecule has 1 aliphatic heterocycles. The van der Waals surface area contributed by atoms with Gasteiger partial charge >= 0.3 is 0 Å². The number of carbonyl (C=O) groups is 1. The van der Waals surface area contributed by atoms with Gasteiger partial charge in [0.1, 0.15) is 5.82 Å². The van der Waals surface area contributed by atoms with Crippen molar-refractivity contribution in [2.75, 3.05) is 32.1 Å². The lowest BCUT2D eigenvalue weighted by molar-refractivity contribution is 0.0704. The van der Waals surface area contributed by atoms with Crippen LogP contribution in [0.5, 0.6) is 0 Å². The van der Waals surface area contributed by atoms with Gasteiger partial charge < -0.3 is 14.3 Å². The maximum Gasteiger partial charge on any atom is 0.255 e. The molecule has 2 aromatic rings. The monoisotopic (exact) mass is 315 g/mol. The van der Waals surface area contributed by atoms with Crippen molar-refractivity contribution in [3.8, 4) is 0 Å². The Morgan fingerprint density at radius 3 is 2.57 bits per heavy atom. The predicted molar refractivity (Wildman–Crippen MR) is 85.5 cm³/mol. The molecule has 3 heterocycles. The van der Waals surface area contributed by atoms with Crippen molar-refractivity contribution in [1.82, 2.24) is 20.0 Å². The van der Waals surface area contributed by atoms with E-state index >= 15 is 0 Å². The van der Waals surface area contributed by atoms with Gasteiger partial charge in [-0.15, -0.1) is 0 Å². The summed E-state index contributed by atoms with van der Waals surface area (Å²) in [5.41, 5.74) is 0.627. The van der Waals surface area contributed by atoms with E-state index < -0.39 is 0 Å². The fourth-order valence-corrected chi connectivity index (χ4v) is 2.77. The topological polar surface area (TPSA) is 75.4 Å². The molecule has 0 atom stereocenters. The van der Waals surface area contributed by atoms with Gasteiger partial charge in [0.25, 0.3) is 5.91 Å². The van der Waals surface area contributed by atoms with Crippen molar-refractivity contribution >= 4 is 11.7 Å². The summed E-state index contributed by atoms with van der Waals surface area (Å²) in [5, 5.41) is 3.84. The number of nitrogens with zero attached hydrogens (tertiary/aromatic N) is 5. The highest BCUT2D eigenvalue weighted by molar-refractivity contribution is 5.94. The van der Waals surface area contributed by atoms with Gasteiger partial charge in [-0.05, 0) is 31.9 Å². The van der Waals surface area contributed by atoms with Gasteiger partial charge in [0.15, 0.2) is 5.82 Å². The molecule has 1 fully saturated rings. The summed E-state index contributed by atoms with van der Waals surface area (Å²) in [7, 11) is 3.85. The largest absolute Gasteiger partial charge is 0.363 e. The van der Waals surface area contributed by atoms with Crippen LogP contribution >= 0.6 is 0 Å². The summed E-state index contributed by atoms with van der Waals surface area (Å²) in [6, 6.07) is 3.69. The first-order valence-corrected chi connectivity index (χ1v) is 7.77. The summed E-state index contributed by atoms with van der Waals surface area (Å²) >= 11 is 0. The summed E-state index contributed by atoms with van der Waals surface area (Å²) < 4.78 is 5.24. The van der Waals surface area contributed by atoms with Crippen molar-refractivity contribution in [3.05, 3.63) is 35.6 Å². The number of pyridine rings is 1. The number of aromatic nitrogens is 3. The molecule has 3 rings (SSSR count). The number of carbonyl (C=O) groups excluding carboxylic acids is 1. The van der Waals surface area contributed by atoms with E-state index in [-0.39, 0.29) is 11.8 Å². The Morgan fingerprint density at radius 2 is 2.04 bits per heavy atom. The Bertz CT molecular complexity index is 672. The van der Waals surface area contributed by atoms with Crippen LogP contribution in [0.2, 0.25) is 0 Å². The fraction of sp³-hybridized carbons (Fsp3) is 0.500. The SMILES string of the molecule is Cc1noc(C2CCN(C(=O)c3ccc(N(C)C)nc3)CC2)n1. The lowest BCUT2D eigenvalue weighted by atomic mass is 9.96. The summed E-state index contributed by atoms with van der Waals surface area (Å²) in [6.07, 6.45) is 3.33. The number of aryl methyl sites for hydroxylation is 1. The highest BCUT2D eigenvalue weighted by Crippen LogP contribution is 2.27. The average Bonchev–Trinajstić information content (AvgIpc) is 3.01. The van der Waals surface area contributed by atoms with Crippen molar-refractivity contribution in [3.63, 3.8) is 0 Å². The van der Waals surface area contributed by atoms with Crippen molar-refractivity contribution in [2.45, 2.75) is 25.7 Å². The average molecular weight is 315 g/mol. The highest BCUT2D eigenvalue weighted by atomic mass is 16.5. The maximum atomic E-state index is 12.5. The molecular formula is C16H21N5O2. The molecule has 0 bridgehead atoms. The lowest BCUT2D eigenvalue weighted by Crippen LogP contribution is -2.38. The fourth-order valence-electron chi connectivity index (χ4n) is 2.77. The third-order valence-electron chi connectivity index (χ3n) is 4.13. The summed E-state index contributed by atoms with van der Waals surface area (Å²) in [6.45, 7) is 3.21. The Hall–Kier alpha value is -2.44. The van der Waals surface area contributed by atoms with Crippen LogP contribution in [0.25, 0.3) is 0 Å². The van der Waals surface area contributed by atoms with Crippen LogP contribution in [0.4, 0.5) is 5.82 Å². The van der Waals surface area contributed by atoms with E-state index in [1.54, 1.807) is 6.20 Å². The molecule has 0 radical (unpaired) electrons. The quantitative estimate of drug-likeness (QED) is 0.860. The third-order valence-corrected chi connectivity index (χ3v) is 4.13. The molecule has 122 valence electrons. The molecule has 1 aliphatic rings. The summed E-state index contributed by atoms with van der Waals surface area (Å²) in [4.78, 5) is 24.9. The molecular weight excluding hydrogens is 294 g/mol. The minimum Gasteiger partial charge on any atom is -0.363 e. The van der Waals surface area contributed by atoms with Crippen LogP contribution in [-0.4, -0.2) is 53.1 Å². The molecule has 0 spiro atoms. The molecule has 0 unspecified atom stereocenters. The molecule has 0 N–H and O–H groups in total. The van der Waals surface area contributed by atoms with E-state index in [2.05, 4.69) is 15.1 Å². The number of hydrogen-bond donors (Lipinski definition) is 0. The maximum absolute atomic E-state index is 12.5. The third kappa shape index (κ3) is 3.33. The normalized spacial score (nSPS) is 15.7. The Kier molecular flexibility index (Phi) is 4.27. The number of hydrogen-bond acceptors (Lipinski definition) is 6. The van der Waals surface area contributed by atoms with Crippen LogP contribution < -0.4 is 4.90 Å². The van der Waals surface area contributed by atoms with Gasteiger partial charge in [0.2, 0.25) is 5.89 Å². The first-order chi connectivity index (χ1) is 11.0. The van der Waals surface area contributed by atoms with Crippen LogP contribution in [-0.2, 0) is 0 Å². The van der Waals surface area contributed by atoms with E-state index in [0.29, 0.717) is 30.4 Å². The van der Waals surface area contributed by atoms with E-state index in [9.17, 15) is 4.79 Å². The second-order valence-corrected chi connectivity index (χ2v) is 6.05. The number of amides is 1. The Balaban J connectivity index is 1.61. The van der Waals surface area contributed by atoms with Crippen molar-refractivity contribution in [1.29, 1.82) is 0 Å². The highest BCUT2D eigenvalue weighted by Gasteiger charge is 2.27. The molecule has 23 heavy (non-hydrogen) atoms. The minimum absolute atomic E-state index is 0.0305. The number of anilines is 1. The van der Waals surface area contributed by atoms with E-state index in [1.165, 1.54) is 0 Å². The van der Waals surface area contributed by atoms with Crippen LogP contribution in [0, 0.1) is 6.92 Å². The van der Waals surface area contributed by atoms with Gasteiger partial charge in [-0.2, -0.15) is 4.98 Å². The van der Waals surface area contributed by atoms with E-state index in [0.717, 1.165) is 18.7 Å². The van der Waals surface area contributed by atoms with Gasteiger partial charge in [-0.3, -0.25) is 4.79 Å². The zero-order valence-electron chi connectivity index (χ0n) is 13.7. The second-order valence-electron chi connectivity index (χ2n) is 6.05. The van der Waals surface area contributed by atoms with Gasteiger partial charge in [0, 0.05) is 39.3 Å². The van der Waals surface area contributed by atoms with E-state index in [1.807, 2.05) is 43.0 Å². The van der Waals surface area contributed by atoms with Crippen LogP contribution in [0.15, 0.2) is 22.9 Å². The molecule has 7 heteroatoms. The smallest absolute Gasteiger partial charge is 0.255 e. The molecule has 0 saturated carbocycles. The van der Waals surface area contributed by atoms with Gasteiger partial charge in [0.05, 0.1) is 5.56 Å². The molecule has 1 saturated heterocycles. The number of piperidine rings is 1. The van der Waals surface area contributed by atoms with Crippen LogP contribution in [0.3, 0.4) is 0 Å². The predicted octanol–water partition coefficient (Wildman–Crippen LogP) is 1.86. The summed E-state index contributed by atoms with van der Waals surface area (Å²) in [5.74, 6) is 2.46.